The van der Waals surface area contributed by atoms with Crippen LogP contribution in [0.5, 0.6) is 5.75 Å². The number of carbonyl (C=O) groups excluding carboxylic acids is 2. The van der Waals surface area contributed by atoms with Gasteiger partial charge >= 0.3 is 6.03 Å². The lowest BCUT2D eigenvalue weighted by Crippen LogP contribution is -2.56. The Kier molecular flexibility index (Phi) is 7.19. The number of methoxy groups -OCH3 is 1. The molecule has 0 unspecified atom stereocenters. The number of carbonyl (C=O) groups is 2. The van der Waals surface area contributed by atoms with E-state index in [9.17, 15) is 9.59 Å². The first-order valence-electron chi connectivity index (χ1n) is 11.1. The molecule has 2 heterocycles. The molecule has 0 bridgehead atoms. The van der Waals surface area contributed by atoms with Crippen molar-refractivity contribution < 1.29 is 14.3 Å². The Bertz CT molecular complexity index is 782. The fourth-order valence-electron chi connectivity index (χ4n) is 4.48. The molecule has 0 N–H and O–H groups in total. The third-order valence-corrected chi connectivity index (χ3v) is 6.35. The van der Waals surface area contributed by atoms with E-state index in [0.29, 0.717) is 31.8 Å². The lowest BCUT2D eigenvalue weighted by atomic mass is 9.85. The topological polar surface area (TPSA) is 53.1 Å². The molecule has 6 nitrogen and oxygen atoms in total. The molecule has 2 fully saturated rings. The Morgan fingerprint density at radius 3 is 2.50 bits per heavy atom. The quantitative estimate of drug-likeness (QED) is 0.607. The standard InChI is InChI=1S/C24H35N3O3/c1-5-26-22(28)24(27(23(26)29)16-12-19(2)3)13-17-25(18-14-24)15-8-10-20-9-6-7-11-21(20)30-4/h6-11,19H,5,12-18H2,1-4H3. The van der Waals surface area contributed by atoms with Crippen molar-refractivity contribution in [1.82, 2.24) is 14.7 Å². The van der Waals surface area contributed by atoms with E-state index in [-0.39, 0.29) is 11.9 Å². The maximum Gasteiger partial charge on any atom is 0.327 e. The summed E-state index contributed by atoms with van der Waals surface area (Å²) in [5.74, 6) is 1.37. The van der Waals surface area contributed by atoms with E-state index in [2.05, 4.69) is 30.9 Å². The van der Waals surface area contributed by atoms with Gasteiger partial charge in [0.25, 0.3) is 5.91 Å². The fourth-order valence-corrected chi connectivity index (χ4v) is 4.48. The zero-order valence-corrected chi connectivity index (χ0v) is 18.8. The Morgan fingerprint density at radius 1 is 1.17 bits per heavy atom. The van der Waals surface area contributed by atoms with Gasteiger partial charge < -0.3 is 9.64 Å². The largest absolute Gasteiger partial charge is 0.496 e. The van der Waals surface area contributed by atoms with Crippen molar-refractivity contribution in [3.05, 3.63) is 35.9 Å². The molecule has 0 aliphatic carbocycles. The second kappa shape index (κ2) is 9.65. The van der Waals surface area contributed by atoms with Gasteiger partial charge in [0.15, 0.2) is 0 Å². The Labute approximate surface area is 180 Å². The van der Waals surface area contributed by atoms with Crippen molar-refractivity contribution in [3.8, 4) is 5.75 Å². The molecule has 3 amide bonds. The van der Waals surface area contributed by atoms with Crippen LogP contribution >= 0.6 is 0 Å². The summed E-state index contributed by atoms with van der Waals surface area (Å²) < 4.78 is 5.40. The molecule has 2 aliphatic rings. The van der Waals surface area contributed by atoms with Crippen LogP contribution in [0.2, 0.25) is 0 Å². The average Bonchev–Trinajstić information content (AvgIpc) is 2.94. The molecule has 1 spiro atoms. The zero-order valence-electron chi connectivity index (χ0n) is 18.8. The molecule has 0 aromatic heterocycles. The summed E-state index contributed by atoms with van der Waals surface area (Å²) in [4.78, 5) is 31.7. The summed E-state index contributed by atoms with van der Waals surface area (Å²) in [5.41, 5.74) is 0.411. The Balaban J connectivity index is 1.65. The van der Waals surface area contributed by atoms with Crippen LogP contribution in [-0.2, 0) is 4.79 Å². The smallest absolute Gasteiger partial charge is 0.327 e. The third kappa shape index (κ3) is 4.38. The fraction of sp³-hybridized carbons (Fsp3) is 0.583. The number of likely N-dealkylation sites (tertiary alicyclic amines) is 1. The van der Waals surface area contributed by atoms with Gasteiger partial charge in [-0.3, -0.25) is 14.6 Å². The van der Waals surface area contributed by atoms with E-state index in [4.69, 9.17) is 4.74 Å². The maximum atomic E-state index is 13.2. The van der Waals surface area contributed by atoms with Crippen LogP contribution in [0.15, 0.2) is 30.3 Å². The first kappa shape index (κ1) is 22.3. The number of para-hydroxylation sites is 1. The molecule has 2 aliphatic heterocycles. The number of imide groups is 1. The summed E-state index contributed by atoms with van der Waals surface area (Å²) in [5, 5.41) is 0. The Morgan fingerprint density at radius 2 is 1.87 bits per heavy atom. The van der Waals surface area contributed by atoms with Gasteiger partial charge in [-0.25, -0.2) is 4.79 Å². The molecular weight excluding hydrogens is 378 g/mol. The summed E-state index contributed by atoms with van der Waals surface area (Å²) in [7, 11) is 1.68. The molecule has 0 radical (unpaired) electrons. The second-order valence-electron chi connectivity index (χ2n) is 8.64. The molecule has 1 aromatic rings. The first-order valence-corrected chi connectivity index (χ1v) is 11.1. The minimum Gasteiger partial charge on any atom is -0.496 e. The molecule has 30 heavy (non-hydrogen) atoms. The van der Waals surface area contributed by atoms with Crippen LogP contribution in [0.3, 0.4) is 0 Å². The van der Waals surface area contributed by atoms with Gasteiger partial charge in [0, 0.05) is 38.3 Å². The van der Waals surface area contributed by atoms with Crippen molar-refractivity contribution in [1.29, 1.82) is 0 Å². The zero-order chi connectivity index (χ0) is 21.7. The SMILES string of the molecule is CCN1C(=O)N(CCC(C)C)C2(CCN(CC=Cc3ccccc3OC)CC2)C1=O. The number of hydrogen-bond donors (Lipinski definition) is 0. The van der Waals surface area contributed by atoms with E-state index in [0.717, 1.165) is 37.4 Å². The molecule has 0 atom stereocenters. The molecule has 6 heteroatoms. The van der Waals surface area contributed by atoms with E-state index in [1.54, 1.807) is 7.11 Å². The van der Waals surface area contributed by atoms with Gasteiger partial charge in [-0.05, 0) is 38.2 Å². The van der Waals surface area contributed by atoms with Crippen molar-refractivity contribution in [2.24, 2.45) is 5.92 Å². The predicted octanol–water partition coefficient (Wildman–Crippen LogP) is 3.87. The molecule has 3 rings (SSSR count). The first-order chi connectivity index (χ1) is 14.4. The minimum atomic E-state index is -0.648. The number of likely N-dealkylation sites (N-methyl/N-ethyl adjacent to an activating group) is 1. The molecular formula is C24H35N3O3. The summed E-state index contributed by atoms with van der Waals surface area (Å²) in [6, 6.07) is 7.85. The highest BCUT2D eigenvalue weighted by Gasteiger charge is 2.57. The highest BCUT2D eigenvalue weighted by Crippen LogP contribution is 2.37. The number of piperidine rings is 1. The van der Waals surface area contributed by atoms with Gasteiger partial charge in [0.2, 0.25) is 0 Å². The van der Waals surface area contributed by atoms with Gasteiger partial charge in [-0.1, -0.05) is 44.2 Å². The number of ether oxygens (including phenoxy) is 1. The number of urea groups is 1. The highest BCUT2D eigenvalue weighted by molar-refractivity contribution is 6.07. The summed E-state index contributed by atoms with van der Waals surface area (Å²) in [6.45, 7) is 9.74. The van der Waals surface area contributed by atoms with Crippen molar-refractivity contribution in [2.75, 3.05) is 39.8 Å². The van der Waals surface area contributed by atoms with Gasteiger partial charge in [-0.2, -0.15) is 0 Å². The number of nitrogens with zero attached hydrogens (tertiary/aromatic N) is 3. The molecule has 164 valence electrons. The van der Waals surface area contributed by atoms with E-state index >= 15 is 0 Å². The van der Waals surface area contributed by atoms with Crippen LogP contribution < -0.4 is 4.74 Å². The molecule has 1 aromatic carbocycles. The van der Waals surface area contributed by atoms with E-state index in [1.165, 1.54) is 4.90 Å². The summed E-state index contributed by atoms with van der Waals surface area (Å²) in [6.07, 6.45) is 6.56. The van der Waals surface area contributed by atoms with Crippen LogP contribution in [0, 0.1) is 5.92 Å². The summed E-state index contributed by atoms with van der Waals surface area (Å²) >= 11 is 0. The second-order valence-corrected chi connectivity index (χ2v) is 8.64. The van der Waals surface area contributed by atoms with Crippen LogP contribution in [0.1, 0.15) is 45.6 Å². The van der Waals surface area contributed by atoms with Crippen molar-refractivity contribution in [3.63, 3.8) is 0 Å². The van der Waals surface area contributed by atoms with E-state index in [1.807, 2.05) is 36.1 Å². The predicted molar refractivity (Wildman–Crippen MR) is 119 cm³/mol. The van der Waals surface area contributed by atoms with E-state index < -0.39 is 5.54 Å². The number of rotatable bonds is 8. The lowest BCUT2D eigenvalue weighted by Gasteiger charge is -2.42. The lowest BCUT2D eigenvalue weighted by molar-refractivity contribution is -0.135. The van der Waals surface area contributed by atoms with Crippen LogP contribution in [0.4, 0.5) is 4.79 Å². The number of hydrogen-bond acceptors (Lipinski definition) is 4. The minimum absolute atomic E-state index is 0.00275. The van der Waals surface area contributed by atoms with Crippen LogP contribution in [0.25, 0.3) is 6.08 Å². The molecule has 0 saturated carbocycles. The third-order valence-electron chi connectivity index (χ3n) is 6.35. The average molecular weight is 414 g/mol. The van der Waals surface area contributed by atoms with Gasteiger partial charge in [0.1, 0.15) is 11.3 Å². The number of amides is 3. The maximum absolute atomic E-state index is 13.2. The van der Waals surface area contributed by atoms with Crippen molar-refractivity contribution in [2.45, 2.75) is 45.6 Å². The van der Waals surface area contributed by atoms with Crippen LogP contribution in [-0.4, -0.2) is 72.0 Å². The van der Waals surface area contributed by atoms with Gasteiger partial charge in [-0.15, -0.1) is 0 Å². The number of benzene rings is 1. The van der Waals surface area contributed by atoms with Crippen molar-refractivity contribution >= 4 is 18.0 Å². The normalized spacial score (nSPS) is 19.6. The van der Waals surface area contributed by atoms with Gasteiger partial charge in [0.05, 0.1) is 7.11 Å². The highest BCUT2D eigenvalue weighted by atomic mass is 16.5. The molecule has 2 saturated heterocycles. The Hall–Kier alpha value is -2.34. The monoisotopic (exact) mass is 413 g/mol.